The molecule has 0 bridgehead atoms. The maximum Gasteiger partial charge on any atom is 0.508 e. The number of carbonyl (C=O) groups excluding carboxylic acids is 1. The van der Waals surface area contributed by atoms with Crippen LogP contribution in [0.15, 0.2) is 24.3 Å². The van der Waals surface area contributed by atoms with Crippen LogP contribution < -0.4 is 0 Å². The maximum atomic E-state index is 11.1. The molecule has 3 heteroatoms. The van der Waals surface area contributed by atoms with Gasteiger partial charge < -0.3 is 9.47 Å². The molecular formula is C12H16O3. The topological polar surface area (TPSA) is 35.5 Å². The molecule has 1 aromatic carbocycles. The van der Waals surface area contributed by atoms with E-state index in [1.165, 1.54) is 0 Å². The predicted molar refractivity (Wildman–Crippen MR) is 57.6 cm³/mol. The van der Waals surface area contributed by atoms with Crippen molar-refractivity contribution in [2.45, 2.75) is 33.5 Å². The quantitative estimate of drug-likeness (QED) is 0.716. The lowest BCUT2D eigenvalue weighted by Gasteiger charge is -2.09. The van der Waals surface area contributed by atoms with Crippen molar-refractivity contribution in [1.29, 1.82) is 0 Å². The lowest BCUT2D eigenvalue weighted by atomic mass is 10.1. The molecule has 0 radical (unpaired) electrons. The number of aryl methyl sites for hydroxylation is 1. The zero-order chi connectivity index (χ0) is 11.3. The van der Waals surface area contributed by atoms with Crippen LogP contribution in [0.5, 0.6) is 0 Å². The van der Waals surface area contributed by atoms with Crippen molar-refractivity contribution >= 4 is 6.16 Å². The van der Waals surface area contributed by atoms with Gasteiger partial charge in [0.05, 0.1) is 6.10 Å². The smallest absolute Gasteiger partial charge is 0.432 e. The van der Waals surface area contributed by atoms with Crippen LogP contribution in [0.4, 0.5) is 4.79 Å². The molecule has 0 aliphatic carbocycles. The van der Waals surface area contributed by atoms with E-state index in [1.807, 2.05) is 31.2 Å². The molecule has 0 spiro atoms. The summed E-state index contributed by atoms with van der Waals surface area (Å²) < 4.78 is 9.81. The molecule has 0 saturated carbocycles. The highest BCUT2D eigenvalue weighted by Gasteiger charge is 2.07. The molecule has 3 nitrogen and oxygen atoms in total. The molecule has 0 aliphatic heterocycles. The van der Waals surface area contributed by atoms with Gasteiger partial charge in [-0.1, -0.05) is 24.3 Å². The van der Waals surface area contributed by atoms with Crippen LogP contribution in [0.1, 0.15) is 25.0 Å². The number of ether oxygens (including phenoxy) is 2. The van der Waals surface area contributed by atoms with Gasteiger partial charge in [-0.3, -0.25) is 0 Å². The molecule has 15 heavy (non-hydrogen) atoms. The minimum Gasteiger partial charge on any atom is -0.432 e. The Balaban J connectivity index is 2.44. The van der Waals surface area contributed by atoms with Gasteiger partial charge in [0.2, 0.25) is 0 Å². The second-order valence-electron chi connectivity index (χ2n) is 3.63. The fourth-order valence-corrected chi connectivity index (χ4v) is 1.14. The fourth-order valence-electron chi connectivity index (χ4n) is 1.14. The van der Waals surface area contributed by atoms with Gasteiger partial charge >= 0.3 is 6.16 Å². The lowest BCUT2D eigenvalue weighted by molar-refractivity contribution is 0.0297. The van der Waals surface area contributed by atoms with Crippen LogP contribution in [-0.2, 0) is 16.1 Å². The average Bonchev–Trinajstić information content (AvgIpc) is 2.15. The minimum absolute atomic E-state index is 0.144. The van der Waals surface area contributed by atoms with Crippen LogP contribution in [0.25, 0.3) is 0 Å². The Morgan fingerprint density at radius 1 is 1.33 bits per heavy atom. The Bertz CT molecular complexity index is 331. The van der Waals surface area contributed by atoms with Crippen molar-refractivity contribution in [2.24, 2.45) is 0 Å². The van der Waals surface area contributed by atoms with E-state index in [-0.39, 0.29) is 12.7 Å². The van der Waals surface area contributed by atoms with E-state index in [0.717, 1.165) is 11.1 Å². The monoisotopic (exact) mass is 208 g/mol. The highest BCUT2D eigenvalue weighted by molar-refractivity contribution is 5.60. The van der Waals surface area contributed by atoms with Crippen LogP contribution in [0.2, 0.25) is 0 Å². The molecule has 0 aliphatic rings. The van der Waals surface area contributed by atoms with Crippen molar-refractivity contribution in [3.05, 3.63) is 35.4 Å². The minimum atomic E-state index is -0.617. The Morgan fingerprint density at radius 3 is 2.60 bits per heavy atom. The van der Waals surface area contributed by atoms with Crippen molar-refractivity contribution in [3.8, 4) is 0 Å². The van der Waals surface area contributed by atoms with Gasteiger partial charge in [0.1, 0.15) is 6.61 Å². The Labute approximate surface area is 90.0 Å². The zero-order valence-electron chi connectivity index (χ0n) is 9.32. The van der Waals surface area contributed by atoms with Crippen LogP contribution in [0, 0.1) is 6.92 Å². The highest BCUT2D eigenvalue weighted by Crippen LogP contribution is 2.08. The Hall–Kier alpha value is -1.51. The van der Waals surface area contributed by atoms with E-state index >= 15 is 0 Å². The van der Waals surface area contributed by atoms with E-state index in [2.05, 4.69) is 0 Å². The molecule has 0 N–H and O–H groups in total. The molecule has 0 saturated heterocycles. The first kappa shape index (κ1) is 11.6. The normalized spacial score (nSPS) is 10.1. The Morgan fingerprint density at radius 2 is 2.00 bits per heavy atom. The summed E-state index contributed by atoms with van der Waals surface area (Å²) in [5.74, 6) is 0. The summed E-state index contributed by atoms with van der Waals surface area (Å²) >= 11 is 0. The first-order valence-electron chi connectivity index (χ1n) is 4.97. The molecule has 0 aromatic heterocycles. The first-order chi connectivity index (χ1) is 7.09. The molecule has 0 unspecified atom stereocenters. The third kappa shape index (κ3) is 4.02. The summed E-state index contributed by atoms with van der Waals surface area (Å²) in [6.45, 7) is 5.81. The molecule has 0 atom stereocenters. The lowest BCUT2D eigenvalue weighted by Crippen LogP contribution is -2.13. The summed E-state index contributed by atoms with van der Waals surface area (Å²) in [5, 5.41) is 0. The van der Waals surface area contributed by atoms with Crippen LogP contribution in [-0.4, -0.2) is 12.3 Å². The SMILES string of the molecule is Cc1ccccc1COC(=O)OC(C)C. The number of carbonyl (C=O) groups is 1. The number of hydrogen-bond donors (Lipinski definition) is 0. The summed E-state index contributed by atoms with van der Waals surface area (Å²) in [4.78, 5) is 11.1. The van der Waals surface area contributed by atoms with E-state index in [0.29, 0.717) is 0 Å². The van der Waals surface area contributed by atoms with Gasteiger partial charge in [0.15, 0.2) is 0 Å². The largest absolute Gasteiger partial charge is 0.508 e. The molecule has 82 valence electrons. The van der Waals surface area contributed by atoms with Gasteiger partial charge in [0, 0.05) is 0 Å². The molecule has 1 rings (SSSR count). The molecular weight excluding hydrogens is 192 g/mol. The summed E-state index contributed by atoms with van der Waals surface area (Å²) in [6.07, 6.45) is -0.761. The van der Waals surface area contributed by atoms with E-state index in [9.17, 15) is 4.79 Å². The summed E-state index contributed by atoms with van der Waals surface area (Å²) in [7, 11) is 0. The summed E-state index contributed by atoms with van der Waals surface area (Å²) in [5.41, 5.74) is 2.10. The van der Waals surface area contributed by atoms with Crippen molar-refractivity contribution in [2.75, 3.05) is 0 Å². The van der Waals surface area contributed by atoms with Crippen molar-refractivity contribution in [1.82, 2.24) is 0 Å². The number of rotatable bonds is 3. The third-order valence-corrected chi connectivity index (χ3v) is 1.94. The van der Waals surface area contributed by atoms with E-state index in [4.69, 9.17) is 9.47 Å². The molecule has 0 heterocycles. The van der Waals surface area contributed by atoms with Crippen LogP contribution in [0.3, 0.4) is 0 Å². The van der Waals surface area contributed by atoms with Gasteiger partial charge in [-0.2, -0.15) is 0 Å². The number of hydrogen-bond acceptors (Lipinski definition) is 3. The van der Waals surface area contributed by atoms with Gasteiger partial charge in [-0.05, 0) is 31.9 Å². The van der Waals surface area contributed by atoms with Gasteiger partial charge in [-0.25, -0.2) is 4.79 Å². The molecule has 0 fully saturated rings. The van der Waals surface area contributed by atoms with Gasteiger partial charge in [0.25, 0.3) is 0 Å². The fraction of sp³-hybridized carbons (Fsp3) is 0.417. The third-order valence-electron chi connectivity index (χ3n) is 1.94. The van der Waals surface area contributed by atoms with E-state index < -0.39 is 6.16 Å². The number of benzene rings is 1. The van der Waals surface area contributed by atoms with Crippen molar-refractivity contribution in [3.63, 3.8) is 0 Å². The predicted octanol–water partition coefficient (Wildman–Crippen LogP) is 3.06. The highest BCUT2D eigenvalue weighted by atomic mass is 16.7. The van der Waals surface area contributed by atoms with E-state index in [1.54, 1.807) is 13.8 Å². The van der Waals surface area contributed by atoms with Gasteiger partial charge in [-0.15, -0.1) is 0 Å². The van der Waals surface area contributed by atoms with Crippen LogP contribution >= 0.6 is 0 Å². The molecule has 0 amide bonds. The zero-order valence-corrected chi connectivity index (χ0v) is 9.32. The molecule has 1 aromatic rings. The van der Waals surface area contributed by atoms with Crippen molar-refractivity contribution < 1.29 is 14.3 Å². The second kappa shape index (κ2) is 5.39. The summed E-state index contributed by atoms with van der Waals surface area (Å²) in [6, 6.07) is 7.77. The standard InChI is InChI=1S/C12H16O3/c1-9(2)15-12(13)14-8-11-7-5-4-6-10(11)3/h4-7,9H,8H2,1-3H3. The average molecular weight is 208 g/mol. The first-order valence-corrected chi connectivity index (χ1v) is 4.97. The second-order valence-corrected chi connectivity index (χ2v) is 3.63. The maximum absolute atomic E-state index is 11.1. The Kier molecular flexibility index (Phi) is 4.16.